The molecule has 5 heteroatoms. The van der Waals surface area contributed by atoms with Gasteiger partial charge in [-0.25, -0.2) is 4.90 Å². The molecule has 2 aliphatic heterocycles. The number of imide groups is 1. The number of anilines is 1. The van der Waals surface area contributed by atoms with Crippen LogP contribution in [0.2, 0.25) is 0 Å². The molecule has 0 bridgehead atoms. The van der Waals surface area contributed by atoms with Gasteiger partial charge in [-0.2, -0.15) is 0 Å². The van der Waals surface area contributed by atoms with E-state index < -0.39 is 0 Å². The maximum Gasteiger partial charge on any atom is 0.292 e. The van der Waals surface area contributed by atoms with Crippen LogP contribution in [0.3, 0.4) is 0 Å². The third kappa shape index (κ3) is 3.35. The molecule has 2 heterocycles. The van der Waals surface area contributed by atoms with E-state index >= 15 is 0 Å². The maximum atomic E-state index is 12.8. The molecule has 3 rings (SSSR count). The van der Waals surface area contributed by atoms with E-state index in [-0.39, 0.29) is 17.9 Å². The molecule has 2 fully saturated rings. The summed E-state index contributed by atoms with van der Waals surface area (Å²) in [5.74, 6) is -0.0625. The van der Waals surface area contributed by atoms with Gasteiger partial charge in [0.05, 0.1) is 25.2 Å². The molecule has 1 N–H and O–H groups in total. The van der Waals surface area contributed by atoms with Crippen molar-refractivity contribution in [1.29, 1.82) is 0 Å². The van der Waals surface area contributed by atoms with Gasteiger partial charge in [0.2, 0.25) is 5.91 Å². The molecule has 0 saturated carbocycles. The number of carbonyl (C=O) groups is 2. The molecule has 1 atom stereocenters. The molecule has 22 heavy (non-hydrogen) atoms. The van der Waals surface area contributed by atoms with Crippen LogP contribution in [0.25, 0.3) is 0 Å². The van der Waals surface area contributed by atoms with Gasteiger partial charge in [0.15, 0.2) is 6.04 Å². The maximum absolute atomic E-state index is 12.8. The Labute approximate surface area is 145 Å². The summed E-state index contributed by atoms with van der Waals surface area (Å²) in [4.78, 5) is 27.9. The fourth-order valence-electron chi connectivity index (χ4n) is 3.52. The van der Waals surface area contributed by atoms with E-state index in [1.807, 2.05) is 24.3 Å². The lowest BCUT2D eigenvalue weighted by molar-refractivity contribution is -0.915. The number of amides is 2. The first-order valence-corrected chi connectivity index (χ1v) is 9.21. The van der Waals surface area contributed by atoms with Crippen molar-refractivity contribution in [2.45, 2.75) is 44.6 Å². The topological polar surface area (TPSA) is 41.8 Å². The van der Waals surface area contributed by atoms with E-state index in [1.54, 1.807) is 0 Å². The van der Waals surface area contributed by atoms with E-state index in [0.717, 1.165) is 29.5 Å². The molecular formula is C17H22IN2O2+. The Balaban J connectivity index is 1.76. The largest absolute Gasteiger partial charge is 0.324 e. The number of benzene rings is 1. The molecule has 0 unspecified atom stereocenters. The average molecular weight is 413 g/mol. The van der Waals surface area contributed by atoms with Gasteiger partial charge in [-0.15, -0.1) is 0 Å². The number of hydrogen-bond acceptors (Lipinski definition) is 2. The van der Waals surface area contributed by atoms with Crippen LogP contribution in [-0.4, -0.2) is 30.9 Å². The van der Waals surface area contributed by atoms with Crippen LogP contribution in [0.15, 0.2) is 24.3 Å². The second-order valence-electron chi connectivity index (χ2n) is 6.23. The number of nitrogens with one attached hydrogen (secondary N) is 1. The van der Waals surface area contributed by atoms with Crippen molar-refractivity contribution in [2.75, 3.05) is 18.0 Å². The fraction of sp³-hybridized carbons (Fsp3) is 0.529. The summed E-state index contributed by atoms with van der Waals surface area (Å²) in [7, 11) is 0. The highest BCUT2D eigenvalue weighted by Crippen LogP contribution is 2.23. The Morgan fingerprint density at radius 1 is 0.955 bits per heavy atom. The molecule has 2 amide bonds. The van der Waals surface area contributed by atoms with Crippen LogP contribution in [0.4, 0.5) is 5.69 Å². The number of rotatable bonds is 2. The van der Waals surface area contributed by atoms with Gasteiger partial charge >= 0.3 is 0 Å². The zero-order chi connectivity index (χ0) is 15.5. The molecule has 1 aromatic rings. The summed E-state index contributed by atoms with van der Waals surface area (Å²) in [5, 5.41) is 0. The summed E-state index contributed by atoms with van der Waals surface area (Å²) >= 11 is 2.22. The van der Waals surface area contributed by atoms with E-state index in [0.29, 0.717) is 12.1 Å². The molecule has 2 aliphatic rings. The van der Waals surface area contributed by atoms with Gasteiger partial charge in [-0.1, -0.05) is 6.42 Å². The van der Waals surface area contributed by atoms with Crippen molar-refractivity contribution in [3.63, 3.8) is 0 Å². The number of hydrogen-bond donors (Lipinski definition) is 1. The van der Waals surface area contributed by atoms with Crippen LogP contribution in [-0.2, 0) is 9.59 Å². The Bertz CT molecular complexity index is 550. The lowest BCUT2D eigenvalue weighted by Crippen LogP contribution is -3.16. The standard InChI is InChI=1S/C17H21IN2O2/c18-13-6-8-14(9-7-13)20-16(21)12-15(17(20)22)19-10-4-2-1-3-5-11-19/h6-9,15H,1-5,10-12H2/p+1/t15-/m1/s1. The molecule has 4 nitrogen and oxygen atoms in total. The van der Waals surface area contributed by atoms with Gasteiger partial charge in [0, 0.05) is 3.57 Å². The highest BCUT2D eigenvalue weighted by Gasteiger charge is 2.45. The number of quaternary nitrogens is 1. The molecule has 0 spiro atoms. The quantitative estimate of drug-likeness (QED) is 0.594. The third-order valence-corrected chi connectivity index (χ3v) is 5.44. The average Bonchev–Trinajstić information content (AvgIpc) is 2.75. The van der Waals surface area contributed by atoms with Gasteiger partial charge in [-0.05, 0) is 72.5 Å². The van der Waals surface area contributed by atoms with Gasteiger partial charge in [0.25, 0.3) is 5.91 Å². The van der Waals surface area contributed by atoms with E-state index in [9.17, 15) is 9.59 Å². The van der Waals surface area contributed by atoms with Crippen LogP contribution >= 0.6 is 22.6 Å². The second kappa shape index (κ2) is 7.08. The summed E-state index contributed by atoms with van der Waals surface area (Å²) < 4.78 is 1.10. The summed E-state index contributed by atoms with van der Waals surface area (Å²) in [6.07, 6.45) is 6.49. The Hall–Kier alpha value is -0.950. The van der Waals surface area contributed by atoms with Crippen molar-refractivity contribution in [1.82, 2.24) is 0 Å². The lowest BCUT2D eigenvalue weighted by atomic mass is 10.1. The van der Waals surface area contributed by atoms with Crippen molar-refractivity contribution >= 4 is 40.1 Å². The predicted octanol–water partition coefficient (Wildman–Crippen LogP) is 1.77. The molecule has 0 aromatic heterocycles. The number of carbonyl (C=O) groups excluding carboxylic acids is 2. The molecule has 0 aliphatic carbocycles. The monoisotopic (exact) mass is 413 g/mol. The second-order valence-corrected chi connectivity index (χ2v) is 7.47. The molecular weight excluding hydrogens is 391 g/mol. The summed E-state index contributed by atoms with van der Waals surface area (Å²) in [6, 6.07) is 7.43. The zero-order valence-electron chi connectivity index (χ0n) is 12.7. The van der Waals surface area contributed by atoms with Gasteiger partial charge < -0.3 is 4.90 Å². The van der Waals surface area contributed by atoms with Crippen LogP contribution < -0.4 is 9.80 Å². The smallest absolute Gasteiger partial charge is 0.292 e. The normalized spacial score (nSPS) is 24.4. The van der Waals surface area contributed by atoms with Crippen LogP contribution in [0.1, 0.15) is 38.5 Å². The number of nitrogens with zero attached hydrogens (tertiary/aromatic N) is 1. The Morgan fingerprint density at radius 2 is 1.55 bits per heavy atom. The number of likely N-dealkylation sites (tertiary alicyclic amines) is 1. The van der Waals surface area contributed by atoms with Crippen LogP contribution in [0, 0.1) is 3.57 Å². The van der Waals surface area contributed by atoms with Crippen molar-refractivity contribution in [3.05, 3.63) is 27.8 Å². The van der Waals surface area contributed by atoms with Crippen LogP contribution in [0.5, 0.6) is 0 Å². The van der Waals surface area contributed by atoms with E-state index in [2.05, 4.69) is 22.6 Å². The van der Waals surface area contributed by atoms with Crippen molar-refractivity contribution in [3.8, 4) is 0 Å². The first-order chi connectivity index (χ1) is 10.7. The summed E-state index contributed by atoms with van der Waals surface area (Å²) in [5.41, 5.74) is 0.712. The van der Waals surface area contributed by atoms with Gasteiger partial charge in [-0.3, -0.25) is 9.59 Å². The minimum absolute atomic E-state index is 0.0122. The van der Waals surface area contributed by atoms with E-state index in [1.165, 1.54) is 29.1 Å². The SMILES string of the molecule is O=C1C[C@@H]([NH+]2CCCCCCC2)C(=O)N1c1ccc(I)cc1. The van der Waals surface area contributed by atoms with E-state index in [4.69, 9.17) is 0 Å². The minimum atomic E-state index is -0.176. The fourth-order valence-corrected chi connectivity index (χ4v) is 3.88. The molecule has 1 aromatic carbocycles. The zero-order valence-corrected chi connectivity index (χ0v) is 14.8. The minimum Gasteiger partial charge on any atom is -0.324 e. The Morgan fingerprint density at radius 3 is 2.18 bits per heavy atom. The number of halogens is 1. The molecule has 2 saturated heterocycles. The summed E-state index contributed by atoms with van der Waals surface area (Å²) in [6.45, 7) is 2.04. The van der Waals surface area contributed by atoms with Crippen molar-refractivity contribution < 1.29 is 14.5 Å². The molecule has 118 valence electrons. The molecule has 0 radical (unpaired) electrons. The lowest BCUT2D eigenvalue weighted by Gasteiger charge is -2.26. The predicted molar refractivity (Wildman–Crippen MR) is 93.8 cm³/mol. The Kier molecular flexibility index (Phi) is 5.13. The highest BCUT2D eigenvalue weighted by molar-refractivity contribution is 14.1. The van der Waals surface area contributed by atoms with Gasteiger partial charge in [0.1, 0.15) is 0 Å². The third-order valence-electron chi connectivity index (χ3n) is 4.72. The first-order valence-electron chi connectivity index (χ1n) is 8.14. The highest BCUT2D eigenvalue weighted by atomic mass is 127. The van der Waals surface area contributed by atoms with Crippen molar-refractivity contribution in [2.24, 2.45) is 0 Å². The first kappa shape index (κ1) is 15.9.